The summed E-state index contributed by atoms with van der Waals surface area (Å²) in [5.74, 6) is 12.4. The van der Waals surface area contributed by atoms with Gasteiger partial charge in [-0.3, -0.25) is 0 Å². The molecule has 4 aromatic carbocycles. The number of nitrogens with one attached hydrogen (secondary N) is 2. The summed E-state index contributed by atoms with van der Waals surface area (Å²) in [5.41, 5.74) is 7.59. The van der Waals surface area contributed by atoms with Crippen molar-refractivity contribution in [2.24, 2.45) is 14.1 Å². The van der Waals surface area contributed by atoms with Crippen LogP contribution in [0.1, 0.15) is 49.9 Å². The number of nitrogens with zero attached hydrogens (tertiary/aromatic N) is 2. The van der Waals surface area contributed by atoms with Gasteiger partial charge in [0.1, 0.15) is 14.1 Å². The van der Waals surface area contributed by atoms with E-state index in [4.69, 9.17) is 0 Å². The first kappa shape index (κ1) is 29.6. The van der Waals surface area contributed by atoms with Crippen LogP contribution in [-0.2, 0) is 26.9 Å². The Balaban J connectivity index is 1.17. The second kappa shape index (κ2) is 13.5. The minimum atomic E-state index is 0.557. The van der Waals surface area contributed by atoms with Crippen LogP contribution >= 0.6 is 0 Å². The number of rotatable bonds is 0. The number of hydrogen-bond donors (Lipinski definition) is 2. The molecule has 0 radical (unpaired) electrons. The molecule has 0 unspecified atom stereocenters. The fraction of sp³-hybridized carbons (Fsp3) is 0.286. The zero-order chi connectivity index (χ0) is 31.3. The number of aromatic nitrogens is 2. The van der Waals surface area contributed by atoms with Crippen LogP contribution in [0.5, 0.6) is 0 Å². The predicted molar refractivity (Wildman–Crippen MR) is 193 cm³/mol. The summed E-state index contributed by atoms with van der Waals surface area (Å²) < 4.78 is 4.82. The number of fused-ring (bicyclic) bond motifs is 6. The van der Waals surface area contributed by atoms with E-state index < -0.39 is 0 Å². The lowest BCUT2D eigenvalue weighted by Crippen LogP contribution is -2.35. The minimum absolute atomic E-state index is 0.557. The highest BCUT2D eigenvalue weighted by atomic mass is 14.9. The molecule has 6 aromatic rings. The Morgan fingerprint density at radius 2 is 0.913 bits per heavy atom. The molecular formula is C42H42N4+2. The molecule has 46 heavy (non-hydrogen) atoms. The van der Waals surface area contributed by atoms with Gasteiger partial charge in [0, 0.05) is 47.1 Å². The average molecular weight is 603 g/mol. The summed E-state index contributed by atoms with van der Waals surface area (Å²) in [7, 11) is 4.45. The number of anilines is 2. The average Bonchev–Trinajstić information content (AvgIpc) is 3.09. The molecule has 4 bridgehead atoms. The van der Waals surface area contributed by atoms with E-state index in [0.717, 1.165) is 24.2 Å². The standard InChI is InChI=1S/C42H42N4/c1-45-39-21-13-11-17-35(39)33-25-23-31-29-37(33)41(45)19-9-5-3-4-6-10-20-42-38-30-32(44-28-16-8-7-15-27-43-31)24-26-34(38)36-18-12-14-22-40(36)46(42)2/h11-14,17-18,21-26,29-30,43-44H,3-6,9-10,19-20,27-28H2,1-2H3/q+2. The van der Waals surface area contributed by atoms with Crippen molar-refractivity contribution in [2.75, 3.05) is 23.7 Å². The highest BCUT2D eigenvalue weighted by molar-refractivity contribution is 6.07. The third kappa shape index (κ3) is 5.96. The largest absolute Gasteiger partial charge is 0.374 e. The molecule has 0 amide bonds. The van der Waals surface area contributed by atoms with E-state index in [1.165, 1.54) is 93.3 Å². The fourth-order valence-electron chi connectivity index (χ4n) is 7.26. The van der Waals surface area contributed by atoms with Crippen molar-refractivity contribution in [2.45, 2.75) is 51.4 Å². The molecule has 3 heterocycles. The molecule has 0 atom stereocenters. The van der Waals surface area contributed by atoms with Crippen LogP contribution in [0.2, 0.25) is 0 Å². The maximum absolute atomic E-state index is 3.51. The van der Waals surface area contributed by atoms with Crippen molar-refractivity contribution in [3.05, 3.63) is 96.3 Å². The van der Waals surface area contributed by atoms with Gasteiger partial charge in [0.15, 0.2) is 11.4 Å². The van der Waals surface area contributed by atoms with Crippen LogP contribution < -0.4 is 19.8 Å². The predicted octanol–water partition coefficient (Wildman–Crippen LogP) is 7.92. The summed E-state index contributed by atoms with van der Waals surface area (Å²) in [4.78, 5) is 0. The van der Waals surface area contributed by atoms with Crippen LogP contribution in [0.25, 0.3) is 43.4 Å². The Kier molecular flexibility index (Phi) is 8.71. The van der Waals surface area contributed by atoms with Crippen LogP contribution in [-0.4, -0.2) is 13.1 Å². The van der Waals surface area contributed by atoms with E-state index in [1.807, 2.05) is 0 Å². The minimum Gasteiger partial charge on any atom is -0.374 e. The van der Waals surface area contributed by atoms with Crippen LogP contribution in [0.4, 0.5) is 11.4 Å². The molecule has 2 aromatic heterocycles. The maximum atomic E-state index is 3.51. The zero-order valence-corrected chi connectivity index (χ0v) is 27.0. The molecule has 228 valence electrons. The van der Waals surface area contributed by atoms with E-state index in [1.54, 1.807) is 0 Å². The van der Waals surface area contributed by atoms with E-state index >= 15 is 0 Å². The zero-order valence-electron chi connectivity index (χ0n) is 27.0. The molecule has 0 aliphatic carbocycles. The molecule has 1 aliphatic heterocycles. The Morgan fingerprint density at radius 1 is 0.478 bits per heavy atom. The molecule has 0 saturated carbocycles. The molecular weight excluding hydrogens is 560 g/mol. The normalized spacial score (nSPS) is 14.7. The SMILES string of the molecule is C[n+]1c2c3cc(ccc3c3ccccc31)NCC#CC#CCNc1ccc3c(c1)c([n+](C)c1ccccc31)CCCCCCCC2. The Bertz CT molecular complexity index is 2050. The lowest BCUT2D eigenvalue weighted by Gasteiger charge is -2.12. The van der Waals surface area contributed by atoms with E-state index in [-0.39, 0.29) is 0 Å². The molecule has 7 rings (SSSR count). The quantitative estimate of drug-likeness (QED) is 0.105. The molecule has 0 spiro atoms. The first-order chi connectivity index (χ1) is 22.7. The number of pyridine rings is 2. The van der Waals surface area contributed by atoms with Gasteiger partial charge in [0.05, 0.1) is 34.6 Å². The Labute approximate surface area is 272 Å². The van der Waals surface area contributed by atoms with E-state index in [9.17, 15) is 0 Å². The molecule has 4 heteroatoms. The summed E-state index contributed by atoms with van der Waals surface area (Å²) >= 11 is 0. The summed E-state index contributed by atoms with van der Waals surface area (Å²) in [6, 6.07) is 31.1. The van der Waals surface area contributed by atoms with Crippen molar-refractivity contribution in [3.8, 4) is 23.7 Å². The summed E-state index contributed by atoms with van der Waals surface area (Å²) in [6.07, 6.45) is 9.61. The number of hydrogen-bond acceptors (Lipinski definition) is 2. The Morgan fingerprint density at radius 3 is 1.39 bits per heavy atom. The third-order valence-electron chi connectivity index (χ3n) is 9.66. The number of aryl methyl sites for hydroxylation is 4. The van der Waals surface area contributed by atoms with Crippen molar-refractivity contribution in [1.82, 2.24) is 0 Å². The van der Waals surface area contributed by atoms with Crippen LogP contribution in [0, 0.1) is 23.7 Å². The molecule has 0 saturated heterocycles. The lowest BCUT2D eigenvalue weighted by molar-refractivity contribution is -0.651. The number of para-hydroxylation sites is 2. The van der Waals surface area contributed by atoms with Gasteiger partial charge in [0.2, 0.25) is 11.0 Å². The maximum Gasteiger partial charge on any atom is 0.213 e. The highest BCUT2D eigenvalue weighted by Crippen LogP contribution is 2.30. The smallest absolute Gasteiger partial charge is 0.213 e. The second-order valence-electron chi connectivity index (χ2n) is 12.5. The van der Waals surface area contributed by atoms with Gasteiger partial charge in [-0.05, 0) is 61.1 Å². The topological polar surface area (TPSA) is 31.8 Å². The van der Waals surface area contributed by atoms with Crippen molar-refractivity contribution < 1.29 is 9.13 Å². The van der Waals surface area contributed by atoms with Gasteiger partial charge >= 0.3 is 0 Å². The van der Waals surface area contributed by atoms with E-state index in [2.05, 4.69) is 142 Å². The van der Waals surface area contributed by atoms with Crippen LogP contribution in [0.3, 0.4) is 0 Å². The molecule has 2 N–H and O–H groups in total. The van der Waals surface area contributed by atoms with Crippen molar-refractivity contribution in [3.63, 3.8) is 0 Å². The van der Waals surface area contributed by atoms with Gasteiger partial charge in [0.25, 0.3) is 0 Å². The lowest BCUT2D eigenvalue weighted by atomic mass is 9.98. The van der Waals surface area contributed by atoms with Gasteiger partial charge in [-0.2, -0.15) is 9.13 Å². The third-order valence-corrected chi connectivity index (χ3v) is 9.66. The number of benzene rings is 4. The molecule has 0 fully saturated rings. The van der Waals surface area contributed by atoms with Crippen molar-refractivity contribution >= 4 is 54.7 Å². The monoisotopic (exact) mass is 602 g/mol. The van der Waals surface area contributed by atoms with Crippen LogP contribution in [0.15, 0.2) is 84.9 Å². The molecule has 1 aliphatic rings. The first-order valence-corrected chi connectivity index (χ1v) is 16.8. The summed E-state index contributed by atoms with van der Waals surface area (Å²) in [6.45, 7) is 1.11. The van der Waals surface area contributed by atoms with Gasteiger partial charge < -0.3 is 10.6 Å². The highest BCUT2D eigenvalue weighted by Gasteiger charge is 2.20. The fourth-order valence-corrected chi connectivity index (χ4v) is 7.26. The summed E-state index contributed by atoms with van der Waals surface area (Å²) in [5, 5.41) is 14.9. The second-order valence-corrected chi connectivity index (χ2v) is 12.5. The van der Waals surface area contributed by atoms with Gasteiger partial charge in [-0.15, -0.1) is 0 Å². The Hall–Kier alpha value is -5.06. The van der Waals surface area contributed by atoms with Crippen molar-refractivity contribution in [1.29, 1.82) is 0 Å². The van der Waals surface area contributed by atoms with Gasteiger partial charge in [-0.25, -0.2) is 0 Å². The van der Waals surface area contributed by atoms with Gasteiger partial charge in [-0.1, -0.05) is 73.9 Å². The van der Waals surface area contributed by atoms with E-state index in [0.29, 0.717) is 13.1 Å². The molecule has 4 nitrogen and oxygen atoms in total. The first-order valence-electron chi connectivity index (χ1n) is 16.8.